The number of aromatic nitrogens is 2. The van der Waals surface area contributed by atoms with Crippen LogP contribution in [0.15, 0.2) is 268 Å². The van der Waals surface area contributed by atoms with Crippen molar-refractivity contribution in [3.63, 3.8) is 0 Å². The Labute approximate surface area is 439 Å². The van der Waals surface area contributed by atoms with E-state index in [2.05, 4.69) is 21.8 Å². The van der Waals surface area contributed by atoms with Crippen LogP contribution >= 0.6 is 47.0 Å². The second kappa shape index (κ2) is 24.0. The van der Waals surface area contributed by atoms with Crippen molar-refractivity contribution in [3.8, 4) is 12.1 Å². The Balaban J connectivity index is 0.000000188. The van der Waals surface area contributed by atoms with Gasteiger partial charge >= 0.3 is 16.5 Å². The van der Waals surface area contributed by atoms with E-state index in [0.29, 0.717) is 65.4 Å². The molecule has 0 amide bonds. The zero-order valence-corrected chi connectivity index (χ0v) is 41.4. The molecule has 0 fully saturated rings. The Morgan fingerprint density at radius 2 is 0.732 bits per heavy atom. The molecule has 2 aliphatic rings. The van der Waals surface area contributed by atoms with Crippen LogP contribution in [0.25, 0.3) is 20.8 Å². The second-order valence-corrected chi connectivity index (χ2v) is 19.2. The Morgan fingerprint density at radius 1 is 0.437 bits per heavy atom. The maximum absolute atomic E-state index is 9.81. The summed E-state index contributed by atoms with van der Waals surface area (Å²) in [4.78, 5) is 31.0. The molecule has 0 bridgehead atoms. The fourth-order valence-electron chi connectivity index (χ4n) is 7.18. The number of aliphatic imine (C=N–C) groups is 2. The SMILES string of the molecule is [C-]#[N+]c1cc(/C(=C2/C=C(C#N)C(Sc3ccccc3)=N2)c2ccccc2)[n-]c1Sc1ccccc1.[C-]#[N+]c1cc(/C(=C2/C=C(C#N)C(Sc3ccccc3)=N2)c2ccccc2)[n-]c1Sc1ccccc1.[Ni+2]. The van der Waals surface area contributed by atoms with Crippen LogP contribution in [-0.4, -0.2) is 10.1 Å². The van der Waals surface area contributed by atoms with Crippen molar-refractivity contribution < 1.29 is 16.5 Å². The zero-order valence-electron chi connectivity index (χ0n) is 37.2. The van der Waals surface area contributed by atoms with E-state index < -0.39 is 0 Å². The second-order valence-electron chi connectivity index (χ2n) is 15.0. The topological polar surface area (TPSA) is 109 Å². The van der Waals surface area contributed by atoms with Crippen LogP contribution in [0.2, 0.25) is 0 Å². The molecule has 2 aliphatic heterocycles. The van der Waals surface area contributed by atoms with Gasteiger partial charge in [-0.1, -0.05) is 179 Å². The summed E-state index contributed by atoms with van der Waals surface area (Å²) in [5.41, 5.74) is 8.12. The molecule has 0 spiro atoms. The third kappa shape index (κ3) is 12.1. The average molecular weight is 1030 g/mol. The molecular formula is C58H34N8NiS4. The van der Waals surface area contributed by atoms with E-state index in [1.807, 2.05) is 206 Å². The Kier molecular flexibility index (Phi) is 16.7. The first kappa shape index (κ1) is 49.5. The third-order valence-corrected chi connectivity index (χ3v) is 14.4. The zero-order chi connectivity index (χ0) is 48.1. The van der Waals surface area contributed by atoms with Crippen molar-refractivity contribution in [2.45, 2.75) is 29.6 Å². The first-order valence-electron chi connectivity index (χ1n) is 21.5. The monoisotopic (exact) mass is 1030 g/mol. The molecule has 4 heterocycles. The summed E-state index contributed by atoms with van der Waals surface area (Å²) < 4.78 is 0. The smallest absolute Gasteiger partial charge is 0.662 e. The standard InChI is InChI=1S/2C29H17N4S2.Ni/c2*1-31-26-18-25(33-29(26)35-23-15-9-4-10-16-23)27(20-11-5-2-6-12-20)24-17-21(19-30)28(32-24)34-22-13-7-3-8-14-22;/h2*2-18H;/q2*-1;+2/b2*27-24-;. The van der Waals surface area contributed by atoms with Crippen molar-refractivity contribution in [1.82, 2.24) is 9.97 Å². The van der Waals surface area contributed by atoms with E-state index in [1.165, 1.54) is 47.0 Å². The predicted octanol–water partition coefficient (Wildman–Crippen LogP) is 15.5. The van der Waals surface area contributed by atoms with Gasteiger partial charge in [-0.3, -0.25) is 0 Å². The summed E-state index contributed by atoms with van der Waals surface area (Å²) in [5.74, 6) is 0. The molecule has 6 aromatic carbocycles. The van der Waals surface area contributed by atoms with Crippen molar-refractivity contribution in [3.05, 3.63) is 274 Å². The van der Waals surface area contributed by atoms with Crippen molar-refractivity contribution in [2.24, 2.45) is 9.98 Å². The number of hydrogen-bond donors (Lipinski definition) is 0. The molecule has 340 valence electrons. The number of benzene rings is 6. The van der Waals surface area contributed by atoms with Crippen LogP contribution in [0, 0.1) is 35.8 Å². The largest absolute Gasteiger partial charge is 2.00 e. The third-order valence-electron chi connectivity index (χ3n) is 10.4. The maximum atomic E-state index is 9.81. The molecule has 2 aromatic heterocycles. The van der Waals surface area contributed by atoms with Gasteiger partial charge in [-0.25, -0.2) is 19.7 Å². The molecule has 0 N–H and O–H groups in total. The van der Waals surface area contributed by atoms with E-state index in [9.17, 15) is 10.5 Å². The van der Waals surface area contributed by atoms with Gasteiger partial charge in [0.05, 0.1) is 35.7 Å². The molecular weight excluding hydrogens is 996 g/mol. The first-order valence-corrected chi connectivity index (χ1v) is 24.8. The fourth-order valence-corrected chi connectivity index (χ4v) is 10.7. The van der Waals surface area contributed by atoms with Crippen molar-refractivity contribution in [1.29, 1.82) is 10.5 Å². The van der Waals surface area contributed by atoms with Crippen LogP contribution in [0.5, 0.6) is 0 Å². The minimum Gasteiger partial charge on any atom is -0.662 e. The van der Waals surface area contributed by atoms with Gasteiger partial charge in [0.2, 0.25) is 0 Å². The van der Waals surface area contributed by atoms with E-state index in [1.54, 1.807) is 0 Å². The molecule has 10 rings (SSSR count). The van der Waals surface area contributed by atoms with Gasteiger partial charge in [0.15, 0.2) is 11.4 Å². The van der Waals surface area contributed by atoms with E-state index in [0.717, 1.165) is 41.9 Å². The summed E-state index contributed by atoms with van der Waals surface area (Å²) >= 11 is 5.86. The number of hydrogen-bond acceptors (Lipinski definition) is 8. The van der Waals surface area contributed by atoms with Gasteiger partial charge < -0.3 is 9.97 Å². The van der Waals surface area contributed by atoms with Crippen LogP contribution in [0.1, 0.15) is 22.5 Å². The van der Waals surface area contributed by atoms with Crippen LogP contribution in [0.3, 0.4) is 0 Å². The molecule has 0 aliphatic carbocycles. The molecule has 0 saturated heterocycles. The molecule has 8 aromatic rings. The quantitative estimate of drug-likeness (QED) is 0.0984. The normalized spacial score (nSPS) is 13.8. The minimum atomic E-state index is 0. The van der Waals surface area contributed by atoms with Crippen molar-refractivity contribution >= 4 is 79.7 Å². The van der Waals surface area contributed by atoms with E-state index >= 15 is 0 Å². The summed E-state index contributed by atoms with van der Waals surface area (Å²) in [5, 5.41) is 22.2. The van der Waals surface area contributed by atoms with Gasteiger partial charge in [0.1, 0.15) is 22.2 Å². The number of thioether (sulfide) groups is 2. The molecule has 0 radical (unpaired) electrons. The van der Waals surface area contributed by atoms with Crippen molar-refractivity contribution in [2.75, 3.05) is 0 Å². The Bertz CT molecular complexity index is 3320. The number of nitriles is 2. The molecule has 13 heteroatoms. The summed E-state index contributed by atoms with van der Waals surface area (Å²) in [6.45, 7) is 15.4. The van der Waals surface area contributed by atoms with Gasteiger partial charge in [-0.2, -0.15) is 10.5 Å². The summed E-state index contributed by atoms with van der Waals surface area (Å²) in [6, 6.07) is 67.5. The summed E-state index contributed by atoms with van der Waals surface area (Å²) in [7, 11) is 0. The number of nitrogens with zero attached hydrogens (tertiary/aromatic N) is 8. The van der Waals surface area contributed by atoms with Gasteiger partial charge in [0, 0.05) is 19.6 Å². The summed E-state index contributed by atoms with van der Waals surface area (Å²) in [6.07, 6.45) is 3.62. The van der Waals surface area contributed by atoms with Gasteiger partial charge in [0.25, 0.3) is 0 Å². The average Bonchev–Trinajstić information content (AvgIpc) is 4.22. The van der Waals surface area contributed by atoms with Crippen LogP contribution in [0.4, 0.5) is 11.4 Å². The molecule has 0 unspecified atom stereocenters. The molecule has 8 nitrogen and oxygen atoms in total. The number of rotatable bonds is 10. The van der Waals surface area contributed by atoms with Crippen LogP contribution < -0.4 is 9.97 Å². The molecule has 0 atom stereocenters. The Hall–Kier alpha value is -7.97. The molecule has 71 heavy (non-hydrogen) atoms. The molecule has 0 saturated carbocycles. The van der Waals surface area contributed by atoms with Gasteiger partial charge in [-0.05, 0) is 83.0 Å². The van der Waals surface area contributed by atoms with E-state index in [4.69, 9.17) is 33.1 Å². The van der Waals surface area contributed by atoms with Crippen LogP contribution in [-0.2, 0) is 16.5 Å². The van der Waals surface area contributed by atoms with Gasteiger partial charge in [-0.15, -0.1) is 34.9 Å². The fraction of sp³-hybridized carbons (Fsp3) is 0. The maximum Gasteiger partial charge on any atom is 2.00 e. The minimum absolute atomic E-state index is 0. The van der Waals surface area contributed by atoms with E-state index in [-0.39, 0.29) is 16.5 Å². The predicted molar refractivity (Wildman–Crippen MR) is 285 cm³/mol. The first-order chi connectivity index (χ1) is 34.5. The Morgan fingerprint density at radius 3 is 1.03 bits per heavy atom. The number of allylic oxidation sites excluding steroid dienone is 2.